The Morgan fingerprint density at radius 3 is 2.23 bits per heavy atom. The van der Waals surface area contributed by atoms with E-state index < -0.39 is 17.8 Å². The summed E-state index contributed by atoms with van der Waals surface area (Å²) in [5.41, 5.74) is 12.5. The molecule has 0 radical (unpaired) electrons. The fourth-order valence-corrected chi connectivity index (χ4v) is 4.25. The highest BCUT2D eigenvalue weighted by Crippen LogP contribution is 2.30. The van der Waals surface area contributed by atoms with E-state index >= 15 is 0 Å². The molecule has 0 saturated heterocycles. The topological polar surface area (TPSA) is 194 Å². The molecule has 11 heteroatoms. The van der Waals surface area contributed by atoms with Gasteiger partial charge in [-0.3, -0.25) is 15.0 Å². The Hall–Kier alpha value is -4.77. The van der Waals surface area contributed by atoms with E-state index in [0.29, 0.717) is 30.1 Å². The molecule has 0 saturated carbocycles. The van der Waals surface area contributed by atoms with E-state index in [0.717, 1.165) is 6.42 Å². The van der Waals surface area contributed by atoms with Crippen molar-refractivity contribution in [3.63, 3.8) is 0 Å². The second kappa shape index (κ2) is 13.3. The fourth-order valence-electron chi connectivity index (χ4n) is 4.25. The molecule has 2 amide bonds. The van der Waals surface area contributed by atoms with Crippen LogP contribution in [0.5, 0.6) is 5.88 Å². The lowest BCUT2D eigenvalue weighted by atomic mass is 9.95. The lowest BCUT2D eigenvalue weighted by molar-refractivity contribution is 0.0697. The molecule has 0 aliphatic carbocycles. The van der Waals surface area contributed by atoms with Gasteiger partial charge in [0, 0.05) is 34.5 Å². The van der Waals surface area contributed by atoms with Gasteiger partial charge in [0.1, 0.15) is 11.5 Å². The summed E-state index contributed by atoms with van der Waals surface area (Å²) in [6.45, 7) is 4.50. The Morgan fingerprint density at radius 2 is 1.65 bits per heavy atom. The number of anilines is 1. The summed E-state index contributed by atoms with van der Waals surface area (Å²) in [5, 5.41) is 23.2. The van der Waals surface area contributed by atoms with Gasteiger partial charge < -0.3 is 31.9 Å². The van der Waals surface area contributed by atoms with E-state index in [9.17, 15) is 19.5 Å². The zero-order valence-electron chi connectivity index (χ0n) is 22.7. The van der Waals surface area contributed by atoms with Gasteiger partial charge in [-0.2, -0.15) is 0 Å². The summed E-state index contributed by atoms with van der Waals surface area (Å²) in [7, 11) is 1.40. The molecule has 210 valence electrons. The average molecular weight is 547 g/mol. The van der Waals surface area contributed by atoms with Crippen molar-refractivity contribution in [3.8, 4) is 17.0 Å². The predicted octanol–water partition coefficient (Wildman–Crippen LogP) is 3.49. The van der Waals surface area contributed by atoms with Crippen molar-refractivity contribution in [2.24, 2.45) is 17.4 Å². The van der Waals surface area contributed by atoms with E-state index in [1.54, 1.807) is 30.3 Å². The molecule has 11 nitrogen and oxygen atoms in total. The summed E-state index contributed by atoms with van der Waals surface area (Å²) in [6, 6.07) is 13.5. The van der Waals surface area contributed by atoms with Crippen LogP contribution in [0.25, 0.3) is 11.1 Å². The van der Waals surface area contributed by atoms with Crippen LogP contribution in [0, 0.1) is 11.3 Å². The number of hydrogen-bond donors (Lipinski definition) is 6. The minimum Gasteiger partial charge on any atom is -0.481 e. The van der Waals surface area contributed by atoms with Gasteiger partial charge in [-0.05, 0) is 73.3 Å². The number of benzene rings is 2. The molecule has 3 aromatic rings. The number of nitrogen functional groups attached to an aromatic ring is 1. The van der Waals surface area contributed by atoms with E-state index in [-0.39, 0.29) is 45.7 Å². The number of nitrogens with zero attached hydrogens (tertiary/aromatic N) is 1. The summed E-state index contributed by atoms with van der Waals surface area (Å²) in [4.78, 5) is 42.9. The monoisotopic (exact) mass is 546 g/mol. The van der Waals surface area contributed by atoms with Gasteiger partial charge in [0.25, 0.3) is 11.8 Å². The average Bonchev–Trinajstić information content (AvgIpc) is 2.92. The third kappa shape index (κ3) is 7.41. The van der Waals surface area contributed by atoms with Gasteiger partial charge >= 0.3 is 5.97 Å². The molecule has 1 heterocycles. The second-order valence-electron chi connectivity index (χ2n) is 9.64. The Kier molecular flexibility index (Phi) is 9.93. The molecule has 8 N–H and O–H groups in total. The smallest absolute Gasteiger partial charge is 0.336 e. The first-order valence-corrected chi connectivity index (χ1v) is 12.7. The lowest BCUT2D eigenvalue weighted by Gasteiger charge is -2.20. The van der Waals surface area contributed by atoms with Crippen molar-refractivity contribution in [2.75, 3.05) is 19.0 Å². The normalized spacial score (nSPS) is 11.5. The zero-order valence-corrected chi connectivity index (χ0v) is 22.7. The number of pyridine rings is 1. The molecule has 1 aromatic heterocycles. The van der Waals surface area contributed by atoms with Crippen LogP contribution in [-0.4, -0.2) is 53.4 Å². The van der Waals surface area contributed by atoms with Crippen LogP contribution in [-0.2, 0) is 0 Å². The minimum atomic E-state index is -1.27. The van der Waals surface area contributed by atoms with Crippen LogP contribution in [0.1, 0.15) is 63.5 Å². The molecule has 1 atom stereocenters. The molecule has 0 bridgehead atoms. The SMILES string of the molecule is COc1ccc(-c2ccc(C(=O)NC(CCN)CC(C)C)cc2C(=O)O)c(C(=O)Nc2ccc(C(=N)N)cc2)n1. The molecule has 1 unspecified atom stereocenters. The van der Waals surface area contributed by atoms with Crippen LogP contribution in [0.15, 0.2) is 54.6 Å². The first-order valence-electron chi connectivity index (χ1n) is 12.7. The number of hydrogen-bond acceptors (Lipinski definition) is 7. The van der Waals surface area contributed by atoms with Gasteiger partial charge in [-0.15, -0.1) is 0 Å². The van der Waals surface area contributed by atoms with Crippen LogP contribution < -0.4 is 26.8 Å². The number of rotatable bonds is 12. The lowest BCUT2D eigenvalue weighted by Crippen LogP contribution is -2.37. The molecule has 2 aromatic carbocycles. The largest absolute Gasteiger partial charge is 0.481 e. The van der Waals surface area contributed by atoms with Gasteiger partial charge in [-0.25, -0.2) is 9.78 Å². The highest BCUT2D eigenvalue weighted by atomic mass is 16.5. The molecule has 0 fully saturated rings. The number of methoxy groups -OCH3 is 1. The van der Waals surface area contributed by atoms with Gasteiger partial charge in [0.2, 0.25) is 5.88 Å². The van der Waals surface area contributed by atoms with E-state index in [1.165, 1.54) is 31.4 Å². The van der Waals surface area contributed by atoms with Crippen molar-refractivity contribution in [3.05, 3.63) is 77.0 Å². The highest BCUT2D eigenvalue weighted by molar-refractivity contribution is 6.10. The minimum absolute atomic E-state index is 0.0744. The first-order chi connectivity index (χ1) is 19.0. The van der Waals surface area contributed by atoms with Crippen LogP contribution >= 0.6 is 0 Å². The van der Waals surface area contributed by atoms with Gasteiger partial charge in [-0.1, -0.05) is 19.9 Å². The van der Waals surface area contributed by atoms with E-state index in [4.69, 9.17) is 21.6 Å². The summed E-state index contributed by atoms with van der Waals surface area (Å²) in [6.07, 6.45) is 1.33. The number of carbonyl (C=O) groups excluding carboxylic acids is 2. The van der Waals surface area contributed by atoms with Crippen molar-refractivity contribution in [1.29, 1.82) is 5.41 Å². The number of carbonyl (C=O) groups is 3. The number of carboxylic acids is 1. The molecular weight excluding hydrogens is 512 g/mol. The standard InChI is InChI=1S/C29H34N6O5/c1-16(2)14-20(12-13-30)34-27(36)18-6-9-21(23(15-18)29(38)39)22-10-11-24(40-3)35-25(22)28(37)33-19-7-4-17(5-8-19)26(31)32/h4-11,15-16,20H,12-14,30H2,1-3H3,(H3,31,32)(H,33,37)(H,34,36)(H,38,39). The summed E-state index contributed by atoms with van der Waals surface area (Å²) in [5.74, 6) is -1.90. The maximum atomic E-state index is 13.3. The van der Waals surface area contributed by atoms with Crippen LogP contribution in [0.2, 0.25) is 0 Å². The Balaban J connectivity index is 1.99. The van der Waals surface area contributed by atoms with E-state index in [2.05, 4.69) is 15.6 Å². The summed E-state index contributed by atoms with van der Waals surface area (Å²) < 4.78 is 5.19. The van der Waals surface area contributed by atoms with Crippen molar-refractivity contribution in [2.45, 2.75) is 32.7 Å². The number of amidine groups is 1. The second-order valence-corrected chi connectivity index (χ2v) is 9.64. The molecular formula is C29H34N6O5. The van der Waals surface area contributed by atoms with Gasteiger partial charge in [0.15, 0.2) is 0 Å². The third-order valence-electron chi connectivity index (χ3n) is 6.16. The Bertz CT molecular complexity index is 1400. The number of nitrogens with two attached hydrogens (primary N) is 2. The van der Waals surface area contributed by atoms with Crippen LogP contribution in [0.4, 0.5) is 5.69 Å². The molecule has 0 spiro atoms. The number of nitrogens with one attached hydrogen (secondary N) is 3. The van der Waals surface area contributed by atoms with Crippen molar-refractivity contribution >= 4 is 29.3 Å². The predicted molar refractivity (Wildman–Crippen MR) is 153 cm³/mol. The number of aromatic nitrogens is 1. The Morgan fingerprint density at radius 1 is 1.00 bits per heavy atom. The fraction of sp³-hybridized carbons (Fsp3) is 0.276. The van der Waals surface area contributed by atoms with Crippen LogP contribution in [0.3, 0.4) is 0 Å². The van der Waals surface area contributed by atoms with Gasteiger partial charge in [0.05, 0.1) is 12.7 Å². The summed E-state index contributed by atoms with van der Waals surface area (Å²) >= 11 is 0. The highest BCUT2D eigenvalue weighted by Gasteiger charge is 2.23. The molecule has 0 aliphatic rings. The molecule has 3 rings (SSSR count). The molecule has 40 heavy (non-hydrogen) atoms. The Labute approximate surface area is 232 Å². The number of amides is 2. The van der Waals surface area contributed by atoms with E-state index in [1.807, 2.05) is 13.8 Å². The third-order valence-corrected chi connectivity index (χ3v) is 6.16. The maximum Gasteiger partial charge on any atom is 0.336 e. The number of aromatic carboxylic acids is 1. The maximum absolute atomic E-state index is 13.3. The zero-order chi connectivity index (χ0) is 29.4. The number of carboxylic acid groups (broad SMARTS) is 1. The van der Waals surface area contributed by atoms with Crippen molar-refractivity contribution < 1.29 is 24.2 Å². The first kappa shape index (κ1) is 29.8. The number of ether oxygens (including phenoxy) is 1. The van der Waals surface area contributed by atoms with Crippen molar-refractivity contribution in [1.82, 2.24) is 10.3 Å². The quantitative estimate of drug-likeness (QED) is 0.147. The molecule has 0 aliphatic heterocycles.